The minimum Gasteiger partial charge on any atom is -0.480 e. The molecule has 0 spiro atoms. The first-order valence-corrected chi connectivity index (χ1v) is 11.7. The third-order valence-electron chi connectivity index (χ3n) is 6.16. The number of aliphatic hydroxyl groups is 2. The van der Waals surface area contributed by atoms with Gasteiger partial charge in [-0.25, -0.2) is 4.79 Å². The van der Waals surface area contributed by atoms with Crippen molar-refractivity contribution in [1.29, 1.82) is 0 Å². The van der Waals surface area contributed by atoms with Crippen LogP contribution in [0.4, 0.5) is 0 Å². The molecule has 0 aromatic heterocycles. The summed E-state index contributed by atoms with van der Waals surface area (Å²) < 4.78 is 0. The Morgan fingerprint density at radius 1 is 0.917 bits per heavy atom. The van der Waals surface area contributed by atoms with Gasteiger partial charge in [-0.1, -0.05) is 0 Å². The number of carboxylic acid groups (broad SMARTS) is 1. The first-order chi connectivity index (χ1) is 17.0. The van der Waals surface area contributed by atoms with Gasteiger partial charge in [-0.05, 0) is 32.6 Å². The lowest BCUT2D eigenvalue weighted by Crippen LogP contribution is -2.56. The van der Waals surface area contributed by atoms with E-state index in [-0.39, 0.29) is 6.54 Å². The van der Waals surface area contributed by atoms with Gasteiger partial charge in [0.15, 0.2) is 0 Å². The van der Waals surface area contributed by atoms with Gasteiger partial charge in [0, 0.05) is 13.1 Å². The number of aliphatic carboxylic acids is 1. The number of carbonyl (C=O) groups excluding carboxylic acids is 5. The Balaban J connectivity index is 1.88. The summed E-state index contributed by atoms with van der Waals surface area (Å²) in [5, 5.41) is 34.3. The van der Waals surface area contributed by atoms with Gasteiger partial charge in [0.25, 0.3) is 0 Å². The number of carbonyl (C=O) groups is 6. The number of carboxylic acids is 1. The lowest BCUT2D eigenvalue weighted by molar-refractivity contribution is -0.152. The fraction of sp³-hybridized carbons (Fsp3) is 0.714. The molecule has 2 heterocycles. The second-order valence-electron chi connectivity index (χ2n) is 8.76. The first-order valence-electron chi connectivity index (χ1n) is 11.7. The summed E-state index contributed by atoms with van der Waals surface area (Å²) in [5.41, 5.74) is 5.34. The summed E-state index contributed by atoms with van der Waals surface area (Å²) in [6.07, 6.45) is 1.86. The van der Waals surface area contributed by atoms with Crippen molar-refractivity contribution in [2.45, 2.75) is 62.8 Å². The topological polar surface area (TPSA) is 232 Å². The molecule has 0 saturated carbocycles. The predicted octanol–water partition coefficient (Wildman–Crippen LogP) is -4.53. The molecule has 0 aromatic rings. The van der Waals surface area contributed by atoms with Crippen molar-refractivity contribution in [1.82, 2.24) is 25.8 Å². The molecule has 0 unspecified atom stereocenters. The van der Waals surface area contributed by atoms with Crippen molar-refractivity contribution in [2.24, 2.45) is 5.73 Å². The van der Waals surface area contributed by atoms with Gasteiger partial charge < -0.3 is 46.8 Å². The van der Waals surface area contributed by atoms with Crippen LogP contribution in [0.3, 0.4) is 0 Å². The van der Waals surface area contributed by atoms with Crippen LogP contribution in [-0.2, 0) is 28.8 Å². The highest BCUT2D eigenvalue weighted by atomic mass is 16.4. The SMILES string of the molecule is C[C@H](NC(=O)CNC(=O)[C@H](CO)NC(=O)[C@@H](N)CO)C(=O)N1CCC[C@H]1C(=O)N1CCC[C@H]1C(=O)O. The van der Waals surface area contributed by atoms with Gasteiger partial charge in [0.2, 0.25) is 29.5 Å². The zero-order valence-corrected chi connectivity index (χ0v) is 20.0. The van der Waals surface area contributed by atoms with E-state index in [0.717, 1.165) is 0 Å². The van der Waals surface area contributed by atoms with E-state index in [1.807, 2.05) is 0 Å². The number of hydrogen-bond acceptors (Lipinski definition) is 9. The van der Waals surface area contributed by atoms with Gasteiger partial charge in [-0.2, -0.15) is 0 Å². The van der Waals surface area contributed by atoms with Crippen molar-refractivity contribution < 1.29 is 44.1 Å². The zero-order valence-electron chi connectivity index (χ0n) is 20.0. The van der Waals surface area contributed by atoms with Gasteiger partial charge >= 0.3 is 5.97 Å². The van der Waals surface area contributed by atoms with E-state index in [4.69, 9.17) is 10.8 Å². The van der Waals surface area contributed by atoms with E-state index in [1.54, 1.807) is 0 Å². The van der Waals surface area contributed by atoms with E-state index in [2.05, 4.69) is 16.0 Å². The van der Waals surface area contributed by atoms with Gasteiger partial charge in [-0.15, -0.1) is 0 Å². The molecular formula is C21H34N6O9. The van der Waals surface area contributed by atoms with Crippen LogP contribution in [0.5, 0.6) is 0 Å². The molecule has 0 aliphatic carbocycles. The summed E-state index contributed by atoms with van der Waals surface area (Å²) in [4.78, 5) is 76.1. The molecule has 2 fully saturated rings. The number of aliphatic hydroxyl groups excluding tert-OH is 2. The van der Waals surface area contributed by atoms with E-state index < -0.39 is 85.5 Å². The highest BCUT2D eigenvalue weighted by Gasteiger charge is 2.43. The first kappa shape index (κ1) is 28.9. The van der Waals surface area contributed by atoms with Crippen LogP contribution < -0.4 is 21.7 Å². The fourth-order valence-electron chi connectivity index (χ4n) is 4.22. The maximum absolute atomic E-state index is 13.0. The number of rotatable bonds is 11. The maximum Gasteiger partial charge on any atom is 0.326 e. The molecule has 2 rings (SSSR count). The lowest BCUT2D eigenvalue weighted by atomic mass is 10.1. The number of amides is 5. The van der Waals surface area contributed by atoms with Crippen molar-refractivity contribution in [3.63, 3.8) is 0 Å². The molecule has 15 nitrogen and oxygen atoms in total. The average Bonchev–Trinajstić information content (AvgIpc) is 3.54. The molecule has 0 aromatic carbocycles. The normalized spacial score (nSPS) is 21.9. The highest BCUT2D eigenvalue weighted by Crippen LogP contribution is 2.25. The number of likely N-dealkylation sites (tertiary alicyclic amines) is 2. The molecule has 36 heavy (non-hydrogen) atoms. The molecule has 202 valence electrons. The molecule has 8 N–H and O–H groups in total. The third-order valence-corrected chi connectivity index (χ3v) is 6.16. The van der Waals surface area contributed by atoms with Crippen LogP contribution in [0.1, 0.15) is 32.6 Å². The Labute approximate surface area is 207 Å². The minimum absolute atomic E-state index is 0.283. The molecule has 5 amide bonds. The van der Waals surface area contributed by atoms with Crippen LogP contribution in [0, 0.1) is 0 Å². The van der Waals surface area contributed by atoms with Crippen molar-refractivity contribution in [2.75, 3.05) is 32.8 Å². The predicted molar refractivity (Wildman–Crippen MR) is 122 cm³/mol. The average molecular weight is 515 g/mol. The standard InChI is InChI=1S/C21H34N6O9/c1-11(24-16(30)8-23-18(32)13(10-29)25-17(31)12(22)9-28)19(33)26-6-2-4-14(26)20(34)27-7-3-5-15(27)21(35)36/h11-15,28-29H,2-10,22H2,1H3,(H,23,32)(H,24,30)(H,25,31)(H,35,36)/t11-,12-,13-,14-,15-/m0/s1. The minimum atomic E-state index is -1.40. The number of nitrogens with one attached hydrogen (secondary N) is 3. The monoisotopic (exact) mass is 514 g/mol. The van der Waals surface area contributed by atoms with Gasteiger partial charge in [-0.3, -0.25) is 24.0 Å². The van der Waals surface area contributed by atoms with E-state index in [1.165, 1.54) is 16.7 Å². The van der Waals surface area contributed by atoms with Crippen LogP contribution in [0.25, 0.3) is 0 Å². The number of hydrogen-bond donors (Lipinski definition) is 7. The number of nitrogens with two attached hydrogens (primary N) is 1. The second-order valence-corrected chi connectivity index (χ2v) is 8.76. The van der Waals surface area contributed by atoms with Crippen molar-refractivity contribution >= 4 is 35.5 Å². The Kier molecular flexibility index (Phi) is 10.6. The molecule has 5 atom stereocenters. The van der Waals surface area contributed by atoms with E-state index in [0.29, 0.717) is 32.2 Å². The second kappa shape index (κ2) is 13.1. The van der Waals surface area contributed by atoms with Gasteiger partial charge in [0.05, 0.1) is 19.8 Å². The van der Waals surface area contributed by atoms with E-state index >= 15 is 0 Å². The maximum atomic E-state index is 13.0. The molecule has 2 saturated heterocycles. The Morgan fingerprint density at radius 3 is 2.11 bits per heavy atom. The quantitative estimate of drug-likeness (QED) is 0.140. The van der Waals surface area contributed by atoms with Gasteiger partial charge in [0.1, 0.15) is 30.2 Å². The van der Waals surface area contributed by atoms with E-state index in [9.17, 15) is 39.0 Å². The molecule has 15 heteroatoms. The largest absolute Gasteiger partial charge is 0.480 e. The van der Waals surface area contributed by atoms with Crippen LogP contribution in [0.2, 0.25) is 0 Å². The molecular weight excluding hydrogens is 480 g/mol. The summed E-state index contributed by atoms with van der Waals surface area (Å²) in [6.45, 7) is 0.00123. The summed E-state index contributed by atoms with van der Waals surface area (Å²) in [5.74, 6) is -4.50. The molecule has 2 aliphatic rings. The van der Waals surface area contributed by atoms with Crippen molar-refractivity contribution in [3.8, 4) is 0 Å². The number of nitrogens with zero attached hydrogens (tertiary/aromatic N) is 2. The zero-order chi connectivity index (χ0) is 27.0. The molecule has 2 aliphatic heterocycles. The molecule has 0 bridgehead atoms. The smallest absolute Gasteiger partial charge is 0.326 e. The van der Waals surface area contributed by atoms with Crippen LogP contribution in [0.15, 0.2) is 0 Å². The van der Waals surface area contributed by atoms with Crippen LogP contribution in [-0.4, -0.2) is 124 Å². The van der Waals surface area contributed by atoms with Crippen LogP contribution >= 0.6 is 0 Å². The Hall–Kier alpha value is -3.30. The lowest BCUT2D eigenvalue weighted by Gasteiger charge is -2.31. The molecule has 0 radical (unpaired) electrons. The summed E-state index contributed by atoms with van der Waals surface area (Å²) in [7, 11) is 0. The highest BCUT2D eigenvalue weighted by molar-refractivity contribution is 5.95. The summed E-state index contributed by atoms with van der Waals surface area (Å²) in [6, 6.07) is -5.45. The third kappa shape index (κ3) is 7.11. The Morgan fingerprint density at radius 2 is 1.53 bits per heavy atom. The summed E-state index contributed by atoms with van der Waals surface area (Å²) >= 11 is 0. The fourth-order valence-corrected chi connectivity index (χ4v) is 4.22. The van der Waals surface area contributed by atoms with Crippen molar-refractivity contribution in [3.05, 3.63) is 0 Å². The Bertz CT molecular complexity index is 869.